The predicted molar refractivity (Wildman–Crippen MR) is 178 cm³/mol. The molecule has 0 bridgehead atoms. The van der Waals surface area contributed by atoms with E-state index in [2.05, 4.69) is 13.2 Å². The SMILES string of the molecule is C=C(C)C(=O)Oc1ccc(C(=O)OCCOC(=O)OI(OC(=O)OCCOC(=O)c2ccc(OC(=O)C(=C)C)cc2)c2ccccc2)cc1. The Morgan fingerprint density at radius 2 is 0.898 bits per heavy atom. The molecule has 0 aliphatic heterocycles. The minimum atomic E-state index is -3.45. The molecule has 0 saturated carbocycles. The Hall–Kier alpha value is -5.71. The average molecular weight is 791 g/mol. The second-order valence-electron chi connectivity index (χ2n) is 9.52. The third kappa shape index (κ3) is 13.1. The van der Waals surface area contributed by atoms with Gasteiger partial charge in [-0.1, -0.05) is 13.2 Å². The molecule has 15 heteroatoms. The fourth-order valence-corrected chi connectivity index (χ4v) is 5.68. The summed E-state index contributed by atoms with van der Waals surface area (Å²) in [5, 5.41) is 0. The summed E-state index contributed by atoms with van der Waals surface area (Å²) in [5.74, 6) is -2.22. The molecule has 0 heterocycles. The summed E-state index contributed by atoms with van der Waals surface area (Å²) in [6.07, 6.45) is -2.34. The van der Waals surface area contributed by atoms with Crippen molar-refractivity contribution in [2.24, 2.45) is 0 Å². The molecule has 3 aromatic carbocycles. The summed E-state index contributed by atoms with van der Waals surface area (Å²) >= 11 is -3.45. The number of ether oxygens (including phenoxy) is 6. The number of hydrogen-bond acceptors (Lipinski definition) is 14. The maximum absolute atomic E-state index is 12.4. The van der Waals surface area contributed by atoms with Gasteiger partial charge in [0.25, 0.3) is 0 Å². The Morgan fingerprint density at radius 3 is 1.27 bits per heavy atom. The molecule has 0 saturated heterocycles. The minimum absolute atomic E-state index is 0.161. The molecule has 3 rings (SSSR count). The van der Waals surface area contributed by atoms with Crippen LogP contribution in [0.2, 0.25) is 0 Å². The number of carbonyl (C=O) groups is 6. The molecule has 0 N–H and O–H groups in total. The first-order chi connectivity index (χ1) is 23.4. The van der Waals surface area contributed by atoms with E-state index in [1.165, 1.54) is 62.4 Å². The summed E-state index contributed by atoms with van der Waals surface area (Å²) in [4.78, 5) is 72.5. The third-order valence-corrected chi connectivity index (χ3v) is 8.80. The molecule has 0 spiro atoms. The Kier molecular flexibility index (Phi) is 14.8. The number of benzene rings is 3. The van der Waals surface area contributed by atoms with Crippen LogP contribution in [0, 0.1) is 3.57 Å². The molecular weight excluding hydrogens is 759 g/mol. The van der Waals surface area contributed by atoms with Gasteiger partial charge in [-0.25, -0.2) is 9.59 Å². The average Bonchev–Trinajstić information content (AvgIpc) is 3.09. The molecule has 0 aromatic heterocycles. The molecule has 0 unspecified atom stereocenters. The van der Waals surface area contributed by atoms with E-state index in [1.807, 2.05) is 0 Å². The van der Waals surface area contributed by atoms with Crippen LogP contribution in [0.3, 0.4) is 0 Å². The zero-order valence-corrected chi connectivity index (χ0v) is 28.5. The Labute approximate surface area is 288 Å². The van der Waals surface area contributed by atoms with Crippen LogP contribution in [-0.2, 0) is 34.7 Å². The van der Waals surface area contributed by atoms with Gasteiger partial charge in [-0.05, 0) is 13.8 Å². The van der Waals surface area contributed by atoms with Crippen molar-refractivity contribution < 1.29 is 63.3 Å². The maximum atomic E-state index is 12.4. The second kappa shape index (κ2) is 19.2. The summed E-state index contributed by atoms with van der Waals surface area (Å²) in [5.41, 5.74) is 0.757. The topological polar surface area (TPSA) is 176 Å². The van der Waals surface area contributed by atoms with Gasteiger partial charge in [-0.2, -0.15) is 0 Å². The van der Waals surface area contributed by atoms with Crippen molar-refractivity contribution in [2.75, 3.05) is 26.4 Å². The molecule has 0 amide bonds. The van der Waals surface area contributed by atoms with Gasteiger partial charge in [0.15, 0.2) is 0 Å². The van der Waals surface area contributed by atoms with E-state index in [4.69, 9.17) is 34.6 Å². The molecule has 0 fully saturated rings. The van der Waals surface area contributed by atoms with Crippen molar-refractivity contribution in [1.29, 1.82) is 0 Å². The van der Waals surface area contributed by atoms with E-state index in [9.17, 15) is 28.8 Å². The van der Waals surface area contributed by atoms with Crippen molar-refractivity contribution in [2.45, 2.75) is 13.8 Å². The molecular formula is C34H31IO14. The van der Waals surface area contributed by atoms with E-state index in [-0.39, 0.29) is 60.2 Å². The van der Waals surface area contributed by atoms with Gasteiger partial charge in [-0.3, -0.25) is 0 Å². The van der Waals surface area contributed by atoms with E-state index < -0.39 is 56.8 Å². The number of hydrogen-bond donors (Lipinski definition) is 0. The van der Waals surface area contributed by atoms with E-state index in [0.29, 0.717) is 3.57 Å². The van der Waals surface area contributed by atoms with Crippen molar-refractivity contribution in [3.63, 3.8) is 0 Å². The van der Waals surface area contributed by atoms with Crippen molar-refractivity contribution in [3.05, 3.63) is 118 Å². The Morgan fingerprint density at radius 1 is 0.531 bits per heavy atom. The zero-order chi connectivity index (χ0) is 35.8. The van der Waals surface area contributed by atoms with E-state index in [1.54, 1.807) is 30.3 Å². The monoisotopic (exact) mass is 790 g/mol. The first kappa shape index (κ1) is 37.7. The first-order valence-corrected chi connectivity index (χ1v) is 17.0. The van der Waals surface area contributed by atoms with Crippen molar-refractivity contribution in [3.8, 4) is 11.5 Å². The molecule has 0 aliphatic carbocycles. The van der Waals surface area contributed by atoms with Crippen molar-refractivity contribution in [1.82, 2.24) is 0 Å². The van der Waals surface area contributed by atoms with E-state index in [0.717, 1.165) is 0 Å². The van der Waals surface area contributed by atoms with Gasteiger partial charge in [0.1, 0.15) is 0 Å². The first-order valence-electron chi connectivity index (χ1n) is 14.2. The van der Waals surface area contributed by atoms with Crippen molar-refractivity contribution >= 4 is 56.8 Å². The number of esters is 4. The molecule has 0 radical (unpaired) electrons. The number of halogens is 1. The van der Waals surface area contributed by atoms with Crippen LogP contribution in [0.25, 0.3) is 0 Å². The molecule has 258 valence electrons. The van der Waals surface area contributed by atoms with Crippen LogP contribution >= 0.6 is 20.6 Å². The van der Waals surface area contributed by atoms with Crippen LogP contribution < -0.4 is 9.47 Å². The fourth-order valence-electron chi connectivity index (χ4n) is 3.17. The van der Waals surface area contributed by atoms with Gasteiger partial charge in [0, 0.05) is 11.1 Å². The van der Waals surface area contributed by atoms with Crippen LogP contribution in [0.5, 0.6) is 11.5 Å². The fraction of sp³-hybridized carbons (Fsp3) is 0.176. The van der Waals surface area contributed by atoms with Crippen LogP contribution in [0.15, 0.2) is 103 Å². The second-order valence-corrected chi connectivity index (χ2v) is 12.9. The van der Waals surface area contributed by atoms with Crippen LogP contribution in [-0.4, -0.2) is 62.6 Å². The van der Waals surface area contributed by atoms with E-state index >= 15 is 0 Å². The third-order valence-electron chi connectivity index (χ3n) is 5.55. The summed E-state index contributed by atoms with van der Waals surface area (Å²) in [7, 11) is 0. The molecule has 14 nitrogen and oxygen atoms in total. The Bertz CT molecular complexity index is 1560. The summed E-state index contributed by atoms with van der Waals surface area (Å²) in [6.45, 7) is 8.63. The normalized spacial score (nSPS) is 10.4. The standard InChI is InChI=1S/C34H31IO14/c1-22(2)29(36)46-27-14-10-24(11-15-27)31(38)42-18-20-44-33(40)48-35(26-8-6-5-7-9-26)49-34(41)45-21-19-43-32(39)25-12-16-28(17-13-25)47-30(37)23(3)4/h5-17H,1,3,18-21H2,2,4H3. The number of carbonyl (C=O) groups excluding carboxylic acids is 6. The van der Waals surface area contributed by atoms with Gasteiger partial charge in [0.2, 0.25) is 0 Å². The van der Waals surface area contributed by atoms with Gasteiger partial charge in [0.05, 0.1) is 0 Å². The summed E-state index contributed by atoms with van der Waals surface area (Å²) < 4.78 is 41.2. The quantitative estimate of drug-likeness (QED) is 0.0426. The summed E-state index contributed by atoms with van der Waals surface area (Å²) in [6, 6.07) is 19.4. The van der Waals surface area contributed by atoms with Gasteiger partial charge in [-0.15, -0.1) is 0 Å². The van der Waals surface area contributed by atoms with Gasteiger partial charge < -0.3 is 0 Å². The number of rotatable bonds is 15. The molecule has 0 aliphatic rings. The van der Waals surface area contributed by atoms with Crippen LogP contribution in [0.1, 0.15) is 34.6 Å². The molecule has 0 atom stereocenters. The molecule has 49 heavy (non-hydrogen) atoms. The van der Waals surface area contributed by atoms with Crippen LogP contribution in [0.4, 0.5) is 9.59 Å². The Balaban J connectivity index is 1.40. The van der Waals surface area contributed by atoms with Gasteiger partial charge >= 0.3 is 242 Å². The predicted octanol–water partition coefficient (Wildman–Crippen LogP) is 6.18. The molecule has 3 aromatic rings. The zero-order valence-electron chi connectivity index (χ0n) is 26.3.